The minimum Gasteiger partial charge on any atom is -0.431 e. The predicted octanol–water partition coefficient (Wildman–Crippen LogP) is 5.78. The molecule has 1 aromatic carbocycles. The van der Waals surface area contributed by atoms with Crippen LogP contribution in [-0.4, -0.2) is 4.98 Å². The number of hydrogen-bond donors (Lipinski definition) is 0. The molecule has 18 heavy (non-hydrogen) atoms. The van der Waals surface area contributed by atoms with Crippen molar-refractivity contribution in [1.29, 1.82) is 0 Å². The zero-order valence-corrected chi connectivity index (χ0v) is 13.5. The number of benzene rings is 1. The molecule has 2 nitrogen and oxygen atoms in total. The number of halogens is 2. The molecular weight excluding hydrogens is 334 g/mol. The largest absolute Gasteiger partial charge is 0.431 e. The lowest BCUT2D eigenvalue weighted by atomic mass is 10.0. The van der Waals surface area contributed by atoms with Crippen molar-refractivity contribution in [3.63, 3.8) is 0 Å². The van der Waals surface area contributed by atoms with Crippen LogP contribution in [0.3, 0.4) is 0 Å². The number of aryl methyl sites for hydroxylation is 1. The third-order valence-electron chi connectivity index (χ3n) is 2.57. The van der Waals surface area contributed by atoms with Gasteiger partial charge in [-0.05, 0) is 52.0 Å². The van der Waals surface area contributed by atoms with Crippen LogP contribution in [-0.2, 0) is 0 Å². The molecule has 0 saturated carbocycles. The number of ether oxygens (including phenoxy) is 1. The number of aromatic nitrogens is 1. The van der Waals surface area contributed by atoms with Gasteiger partial charge in [-0.25, -0.2) is 0 Å². The summed E-state index contributed by atoms with van der Waals surface area (Å²) in [6.45, 7) is 6.20. The van der Waals surface area contributed by atoms with Gasteiger partial charge in [-0.1, -0.05) is 36.8 Å². The van der Waals surface area contributed by atoms with Gasteiger partial charge in [-0.15, -0.1) is 0 Å². The summed E-state index contributed by atoms with van der Waals surface area (Å²) in [6.07, 6.45) is 0. The first-order valence-electron chi connectivity index (χ1n) is 5.56. The van der Waals surface area contributed by atoms with E-state index in [2.05, 4.69) is 34.8 Å². The van der Waals surface area contributed by atoms with Crippen molar-refractivity contribution in [2.75, 3.05) is 0 Å². The summed E-state index contributed by atoms with van der Waals surface area (Å²) >= 11 is 11.0. The Morgan fingerprint density at radius 3 is 2.67 bits per heavy atom. The third-order valence-corrected chi connectivity index (χ3v) is 4.32. The molecule has 0 N–H and O–H groups in total. The van der Waals surface area contributed by atoms with E-state index in [1.54, 1.807) is 0 Å². The van der Waals surface area contributed by atoms with E-state index in [1.807, 2.05) is 24.4 Å². The van der Waals surface area contributed by atoms with Crippen molar-refractivity contribution >= 4 is 38.9 Å². The Bertz CT molecular complexity index is 568. The maximum absolute atomic E-state index is 6.23. The Hall–Kier alpha value is -0.580. The van der Waals surface area contributed by atoms with Crippen molar-refractivity contribution in [2.24, 2.45) is 0 Å². The quantitative estimate of drug-likeness (QED) is 0.702. The molecule has 0 aliphatic rings. The zero-order chi connectivity index (χ0) is 13.3. The van der Waals surface area contributed by atoms with E-state index in [1.165, 1.54) is 11.3 Å². The van der Waals surface area contributed by atoms with Gasteiger partial charge in [0.25, 0.3) is 5.19 Å². The molecule has 5 heteroatoms. The van der Waals surface area contributed by atoms with Crippen molar-refractivity contribution in [3.8, 4) is 10.9 Å². The van der Waals surface area contributed by atoms with Crippen molar-refractivity contribution in [3.05, 3.63) is 38.3 Å². The van der Waals surface area contributed by atoms with Crippen LogP contribution in [0.15, 0.2) is 22.1 Å². The third kappa shape index (κ3) is 3.05. The maximum Gasteiger partial charge on any atom is 0.279 e. The van der Waals surface area contributed by atoms with Crippen LogP contribution in [0, 0.1) is 6.92 Å². The molecule has 0 atom stereocenters. The SMILES string of the molecule is Cc1cc(Cl)c(C(C)C)cc1Oc1nc(Br)cs1. The second-order valence-electron chi connectivity index (χ2n) is 4.33. The number of rotatable bonds is 3. The van der Waals surface area contributed by atoms with Crippen LogP contribution >= 0.6 is 38.9 Å². The van der Waals surface area contributed by atoms with Gasteiger partial charge in [0.2, 0.25) is 0 Å². The summed E-state index contributed by atoms with van der Waals surface area (Å²) in [5.41, 5.74) is 2.10. The van der Waals surface area contributed by atoms with Crippen LogP contribution < -0.4 is 4.74 Å². The van der Waals surface area contributed by atoms with Crippen LogP contribution in [0.1, 0.15) is 30.9 Å². The molecule has 0 fully saturated rings. The average Bonchev–Trinajstić information content (AvgIpc) is 2.67. The van der Waals surface area contributed by atoms with E-state index in [4.69, 9.17) is 16.3 Å². The topological polar surface area (TPSA) is 22.1 Å². The van der Waals surface area contributed by atoms with Gasteiger partial charge >= 0.3 is 0 Å². The first-order chi connectivity index (χ1) is 8.47. The first-order valence-corrected chi connectivity index (χ1v) is 7.61. The highest BCUT2D eigenvalue weighted by Gasteiger charge is 2.12. The fourth-order valence-corrected chi connectivity index (χ4v) is 3.14. The highest BCUT2D eigenvalue weighted by atomic mass is 79.9. The lowest BCUT2D eigenvalue weighted by Crippen LogP contribution is -1.94. The Morgan fingerprint density at radius 2 is 2.11 bits per heavy atom. The molecule has 0 spiro atoms. The van der Waals surface area contributed by atoms with Crippen LogP contribution in [0.4, 0.5) is 0 Å². The Morgan fingerprint density at radius 1 is 1.39 bits per heavy atom. The molecule has 2 aromatic rings. The van der Waals surface area contributed by atoms with Gasteiger partial charge in [-0.2, -0.15) is 4.98 Å². The van der Waals surface area contributed by atoms with Gasteiger partial charge in [0, 0.05) is 10.4 Å². The molecule has 0 saturated heterocycles. The summed E-state index contributed by atoms with van der Waals surface area (Å²) in [4.78, 5) is 4.22. The molecule has 96 valence electrons. The van der Waals surface area contributed by atoms with Crippen molar-refractivity contribution in [2.45, 2.75) is 26.7 Å². The molecule has 0 radical (unpaired) electrons. The van der Waals surface area contributed by atoms with E-state index < -0.39 is 0 Å². The summed E-state index contributed by atoms with van der Waals surface area (Å²) in [6, 6.07) is 3.94. The molecule has 0 bridgehead atoms. The van der Waals surface area contributed by atoms with Gasteiger partial charge in [0.15, 0.2) is 0 Å². The van der Waals surface area contributed by atoms with Gasteiger partial charge in [0.05, 0.1) is 0 Å². The highest BCUT2D eigenvalue weighted by molar-refractivity contribution is 9.10. The zero-order valence-electron chi connectivity index (χ0n) is 10.3. The summed E-state index contributed by atoms with van der Waals surface area (Å²) in [5.74, 6) is 1.17. The van der Waals surface area contributed by atoms with E-state index in [9.17, 15) is 0 Å². The van der Waals surface area contributed by atoms with E-state index in [-0.39, 0.29) is 0 Å². The second kappa shape index (κ2) is 5.59. The summed E-state index contributed by atoms with van der Waals surface area (Å²) < 4.78 is 6.58. The van der Waals surface area contributed by atoms with E-state index >= 15 is 0 Å². The molecule has 2 rings (SSSR count). The molecule has 0 amide bonds. The van der Waals surface area contributed by atoms with Crippen molar-refractivity contribution in [1.82, 2.24) is 4.98 Å². The minimum atomic E-state index is 0.364. The van der Waals surface area contributed by atoms with Crippen LogP contribution in [0.2, 0.25) is 5.02 Å². The summed E-state index contributed by atoms with van der Waals surface area (Å²) in [7, 11) is 0. The fourth-order valence-electron chi connectivity index (χ4n) is 1.60. The Kier molecular flexibility index (Phi) is 4.30. The Labute approximate surface area is 124 Å². The molecular formula is C13H13BrClNOS. The lowest BCUT2D eigenvalue weighted by molar-refractivity contribution is 0.473. The molecule has 0 unspecified atom stereocenters. The maximum atomic E-state index is 6.23. The normalized spacial score (nSPS) is 11.0. The monoisotopic (exact) mass is 345 g/mol. The number of thiazole rings is 1. The molecule has 0 aliphatic heterocycles. The molecule has 1 heterocycles. The van der Waals surface area contributed by atoms with Gasteiger partial charge in [0.1, 0.15) is 10.4 Å². The number of hydrogen-bond acceptors (Lipinski definition) is 3. The Balaban J connectivity index is 2.35. The molecule has 0 aliphatic carbocycles. The standard InChI is InChI=1S/C13H13BrClNOS/c1-7(2)9-5-11(8(3)4-10(9)15)17-13-16-12(14)6-18-13/h4-7H,1-3H3. The minimum absolute atomic E-state index is 0.364. The van der Waals surface area contributed by atoms with E-state index in [0.717, 1.165) is 26.5 Å². The fraction of sp³-hybridized carbons (Fsp3) is 0.308. The van der Waals surface area contributed by atoms with Crippen molar-refractivity contribution < 1.29 is 4.74 Å². The first kappa shape index (κ1) is 13.8. The highest BCUT2D eigenvalue weighted by Crippen LogP contribution is 2.35. The number of nitrogens with zero attached hydrogens (tertiary/aromatic N) is 1. The van der Waals surface area contributed by atoms with Gasteiger partial charge < -0.3 is 4.74 Å². The smallest absolute Gasteiger partial charge is 0.279 e. The molecule has 1 aromatic heterocycles. The van der Waals surface area contributed by atoms with E-state index in [0.29, 0.717) is 11.1 Å². The lowest BCUT2D eigenvalue weighted by Gasteiger charge is -2.13. The van der Waals surface area contributed by atoms with Crippen LogP contribution in [0.5, 0.6) is 10.9 Å². The second-order valence-corrected chi connectivity index (χ2v) is 6.37. The van der Waals surface area contributed by atoms with Crippen LogP contribution in [0.25, 0.3) is 0 Å². The van der Waals surface area contributed by atoms with Gasteiger partial charge in [-0.3, -0.25) is 0 Å². The summed E-state index contributed by atoms with van der Waals surface area (Å²) in [5, 5.41) is 3.31. The average molecular weight is 347 g/mol. The predicted molar refractivity (Wildman–Crippen MR) is 80.2 cm³/mol.